The minimum absolute atomic E-state index is 0.0972. The van der Waals surface area contributed by atoms with Gasteiger partial charge < -0.3 is 16.6 Å². The molecule has 0 spiro atoms. The smallest absolute Gasteiger partial charge is 0.217 e. The van der Waals surface area contributed by atoms with Gasteiger partial charge in [0.15, 0.2) is 0 Å². The van der Waals surface area contributed by atoms with E-state index in [0.717, 1.165) is 12.8 Å². The molecule has 0 fully saturated rings. The molecule has 0 aromatic heterocycles. The molecule has 4 nitrogen and oxygen atoms in total. The highest BCUT2D eigenvalue weighted by atomic mass is 16.3. The molecule has 0 rings (SSSR count). The van der Waals surface area contributed by atoms with Gasteiger partial charge in [0.05, 0.1) is 6.61 Å². The van der Waals surface area contributed by atoms with Crippen LogP contribution in [-0.4, -0.2) is 24.2 Å². The Kier molecular flexibility index (Phi) is 25.8. The van der Waals surface area contributed by atoms with Crippen molar-refractivity contribution in [2.45, 2.75) is 96.8 Å². The van der Waals surface area contributed by atoms with Gasteiger partial charge in [-0.05, 0) is 32.1 Å². The molecule has 0 aromatic carbocycles. The van der Waals surface area contributed by atoms with Crippen molar-refractivity contribution in [1.29, 1.82) is 0 Å². The Balaban J connectivity index is 0. The fraction of sp³-hybridized carbons (Fsp3) is 0.850. The number of amides is 1. The molecule has 144 valence electrons. The number of hydrogen-bond donors (Lipinski definition) is 3. The van der Waals surface area contributed by atoms with E-state index in [1.54, 1.807) is 0 Å². The Bertz CT molecular complexity index is 266. The second-order valence-electron chi connectivity index (χ2n) is 6.31. The summed E-state index contributed by atoms with van der Waals surface area (Å²) in [6, 6.07) is 0. The Morgan fingerprint density at radius 3 is 1.67 bits per heavy atom. The quantitative estimate of drug-likeness (QED) is 0.286. The normalized spacial score (nSPS) is 10.6. The Labute approximate surface area is 150 Å². The summed E-state index contributed by atoms with van der Waals surface area (Å²) in [6.45, 7) is 2.74. The van der Waals surface area contributed by atoms with E-state index in [-0.39, 0.29) is 12.5 Å². The molecule has 0 saturated carbocycles. The number of unbranched alkanes of at least 4 members (excludes halogenated alkanes) is 11. The monoisotopic (exact) mass is 342 g/mol. The van der Waals surface area contributed by atoms with E-state index in [0.29, 0.717) is 13.0 Å². The zero-order valence-corrected chi connectivity index (χ0v) is 16.0. The largest absolute Gasteiger partial charge is 0.395 e. The predicted molar refractivity (Wildman–Crippen MR) is 105 cm³/mol. The highest BCUT2D eigenvalue weighted by Crippen LogP contribution is 2.09. The molecule has 0 atom stereocenters. The number of aliphatic hydroxyl groups excluding tert-OH is 1. The molecule has 0 aliphatic heterocycles. The number of carbonyl (C=O) groups is 1. The summed E-state index contributed by atoms with van der Waals surface area (Å²) in [5.41, 5.74) is 9.88. The van der Waals surface area contributed by atoms with E-state index in [1.807, 2.05) is 0 Å². The summed E-state index contributed by atoms with van der Waals surface area (Å²) in [6.07, 6.45) is 21.9. The standard InChI is InChI=1S/C18H35NO.C2H7NO/c1-2-3-4-5-6-7-8-9-10-11-12-13-14-15-16-17-18(19)20;3-1-2-4/h9-10H,2-8,11-17H2,1H3,(H2,19,20);4H,1-3H2/b10-9-;. The highest BCUT2D eigenvalue weighted by Gasteiger charge is 1.94. The maximum Gasteiger partial charge on any atom is 0.217 e. The van der Waals surface area contributed by atoms with Crippen molar-refractivity contribution >= 4 is 5.91 Å². The summed E-state index contributed by atoms with van der Waals surface area (Å²) in [4.78, 5) is 10.5. The van der Waals surface area contributed by atoms with Crippen molar-refractivity contribution in [3.8, 4) is 0 Å². The van der Waals surface area contributed by atoms with Crippen molar-refractivity contribution < 1.29 is 9.90 Å². The van der Waals surface area contributed by atoms with Crippen LogP contribution in [0.25, 0.3) is 0 Å². The first-order valence-electron chi connectivity index (χ1n) is 9.93. The third kappa shape index (κ3) is 29.2. The molecule has 1 amide bonds. The van der Waals surface area contributed by atoms with E-state index >= 15 is 0 Å². The van der Waals surface area contributed by atoms with Crippen LogP contribution in [0.1, 0.15) is 96.8 Å². The predicted octanol–water partition coefficient (Wildman–Crippen LogP) is 4.45. The van der Waals surface area contributed by atoms with Gasteiger partial charge in [0.1, 0.15) is 0 Å². The minimum atomic E-state index is -0.164. The van der Waals surface area contributed by atoms with Crippen LogP contribution in [0.2, 0.25) is 0 Å². The molecule has 0 radical (unpaired) electrons. The van der Waals surface area contributed by atoms with E-state index < -0.39 is 0 Å². The second kappa shape index (κ2) is 24.4. The molecule has 0 unspecified atom stereocenters. The van der Waals surface area contributed by atoms with E-state index in [9.17, 15) is 4.79 Å². The van der Waals surface area contributed by atoms with Crippen LogP contribution in [0.3, 0.4) is 0 Å². The lowest BCUT2D eigenvalue weighted by Gasteiger charge is -1.99. The highest BCUT2D eigenvalue weighted by molar-refractivity contribution is 5.73. The molecular weight excluding hydrogens is 300 g/mol. The van der Waals surface area contributed by atoms with Gasteiger partial charge in [-0.2, -0.15) is 0 Å². The lowest BCUT2D eigenvalue weighted by Crippen LogP contribution is -2.09. The molecule has 24 heavy (non-hydrogen) atoms. The second-order valence-corrected chi connectivity index (χ2v) is 6.31. The van der Waals surface area contributed by atoms with Crippen molar-refractivity contribution in [3.05, 3.63) is 12.2 Å². The molecule has 0 heterocycles. The number of primary amides is 1. The van der Waals surface area contributed by atoms with Gasteiger partial charge in [0.2, 0.25) is 5.91 Å². The van der Waals surface area contributed by atoms with Gasteiger partial charge in [-0.15, -0.1) is 0 Å². The summed E-state index contributed by atoms with van der Waals surface area (Å²) in [5.74, 6) is -0.164. The van der Waals surface area contributed by atoms with Gasteiger partial charge in [0, 0.05) is 13.0 Å². The first-order chi connectivity index (χ1) is 11.7. The van der Waals surface area contributed by atoms with Crippen LogP contribution in [0.5, 0.6) is 0 Å². The van der Waals surface area contributed by atoms with E-state index in [1.165, 1.54) is 70.6 Å². The van der Waals surface area contributed by atoms with Gasteiger partial charge in [-0.25, -0.2) is 0 Å². The first kappa shape index (κ1) is 25.4. The zero-order chi connectivity index (χ0) is 18.3. The number of aliphatic hydroxyl groups is 1. The van der Waals surface area contributed by atoms with Crippen LogP contribution >= 0.6 is 0 Å². The van der Waals surface area contributed by atoms with Gasteiger partial charge in [-0.1, -0.05) is 70.4 Å². The maximum absolute atomic E-state index is 10.5. The summed E-state index contributed by atoms with van der Waals surface area (Å²) in [5, 5.41) is 7.75. The third-order valence-corrected chi connectivity index (χ3v) is 3.81. The Morgan fingerprint density at radius 2 is 1.25 bits per heavy atom. The van der Waals surface area contributed by atoms with Crippen LogP contribution in [-0.2, 0) is 4.79 Å². The topological polar surface area (TPSA) is 89.3 Å². The van der Waals surface area contributed by atoms with Crippen LogP contribution in [0.4, 0.5) is 0 Å². The lowest BCUT2D eigenvalue weighted by molar-refractivity contribution is -0.118. The third-order valence-electron chi connectivity index (χ3n) is 3.81. The van der Waals surface area contributed by atoms with Gasteiger partial charge in [0.25, 0.3) is 0 Å². The number of hydrogen-bond acceptors (Lipinski definition) is 3. The Morgan fingerprint density at radius 1 is 0.833 bits per heavy atom. The average molecular weight is 343 g/mol. The molecule has 0 saturated heterocycles. The maximum atomic E-state index is 10.5. The molecule has 5 N–H and O–H groups in total. The van der Waals surface area contributed by atoms with Gasteiger partial charge in [-0.3, -0.25) is 4.79 Å². The number of carbonyl (C=O) groups excluding carboxylic acids is 1. The summed E-state index contributed by atoms with van der Waals surface area (Å²) >= 11 is 0. The zero-order valence-electron chi connectivity index (χ0n) is 16.0. The van der Waals surface area contributed by atoms with Crippen molar-refractivity contribution in [1.82, 2.24) is 0 Å². The lowest BCUT2D eigenvalue weighted by atomic mass is 10.1. The Hall–Kier alpha value is -0.870. The van der Waals surface area contributed by atoms with Crippen LogP contribution < -0.4 is 11.5 Å². The molecule has 4 heteroatoms. The van der Waals surface area contributed by atoms with Gasteiger partial charge >= 0.3 is 0 Å². The summed E-state index contributed by atoms with van der Waals surface area (Å²) < 4.78 is 0. The van der Waals surface area contributed by atoms with Crippen molar-refractivity contribution in [2.24, 2.45) is 11.5 Å². The minimum Gasteiger partial charge on any atom is -0.395 e. The van der Waals surface area contributed by atoms with E-state index in [4.69, 9.17) is 16.6 Å². The average Bonchev–Trinajstić information content (AvgIpc) is 2.58. The molecule has 0 bridgehead atoms. The molecular formula is C20H42N2O2. The number of rotatable bonds is 16. The summed E-state index contributed by atoms with van der Waals surface area (Å²) in [7, 11) is 0. The van der Waals surface area contributed by atoms with E-state index in [2.05, 4.69) is 19.1 Å². The van der Waals surface area contributed by atoms with Crippen molar-refractivity contribution in [3.63, 3.8) is 0 Å². The number of allylic oxidation sites excluding steroid dienone is 2. The first-order valence-corrected chi connectivity index (χ1v) is 9.93. The fourth-order valence-electron chi connectivity index (χ4n) is 2.37. The van der Waals surface area contributed by atoms with Crippen LogP contribution in [0.15, 0.2) is 12.2 Å². The van der Waals surface area contributed by atoms with Crippen LogP contribution in [0, 0.1) is 0 Å². The fourth-order valence-corrected chi connectivity index (χ4v) is 2.37. The number of nitrogens with two attached hydrogens (primary N) is 2. The molecule has 0 aliphatic rings. The molecule has 0 aliphatic carbocycles. The van der Waals surface area contributed by atoms with Crippen molar-refractivity contribution in [2.75, 3.05) is 13.2 Å². The SMILES string of the molecule is CCCCCCCC/C=C\CCCCCCCC(N)=O.NCCO. The molecule has 0 aromatic rings.